The number of hydrogen-bond acceptors (Lipinski definition) is 1. The summed E-state index contributed by atoms with van der Waals surface area (Å²) in [6.45, 7) is 11.1. The zero-order chi connectivity index (χ0) is 11.5. The molecule has 0 aliphatic heterocycles. The molecule has 1 aromatic rings. The second kappa shape index (κ2) is 4.69. The number of rotatable bonds is 3. The van der Waals surface area contributed by atoms with E-state index in [0.717, 1.165) is 6.42 Å². The van der Waals surface area contributed by atoms with Crippen LogP contribution in [0.15, 0.2) is 24.3 Å². The van der Waals surface area contributed by atoms with Gasteiger partial charge in [-0.3, -0.25) is 0 Å². The molecule has 84 valence electrons. The van der Waals surface area contributed by atoms with Gasteiger partial charge in [0.2, 0.25) is 0 Å². The summed E-state index contributed by atoms with van der Waals surface area (Å²) in [5.41, 5.74) is 2.85. The molecule has 1 unspecified atom stereocenters. The minimum Gasteiger partial charge on any atom is -0.383 e. The van der Waals surface area contributed by atoms with Crippen molar-refractivity contribution in [1.82, 2.24) is 0 Å². The average molecular weight is 205 g/mol. The summed E-state index contributed by atoms with van der Waals surface area (Å²) in [6.07, 6.45) is 1.15. The van der Waals surface area contributed by atoms with E-state index in [-0.39, 0.29) is 5.41 Å². The standard InChI is InChI=1S/C14H23N/c1-6-11(2)15-13-9-7-8-12(10-13)14(3,4)5/h7-11,15H,6H2,1-5H3. The van der Waals surface area contributed by atoms with Crippen molar-refractivity contribution >= 4 is 5.69 Å². The van der Waals surface area contributed by atoms with Crippen LogP contribution in [0.5, 0.6) is 0 Å². The summed E-state index contributed by atoms with van der Waals surface area (Å²) in [6, 6.07) is 9.26. The van der Waals surface area contributed by atoms with Crippen molar-refractivity contribution in [3.8, 4) is 0 Å². The molecule has 1 aromatic carbocycles. The van der Waals surface area contributed by atoms with Gasteiger partial charge in [0, 0.05) is 11.7 Å². The maximum Gasteiger partial charge on any atom is 0.0345 e. The Morgan fingerprint density at radius 2 is 1.93 bits per heavy atom. The fraction of sp³-hybridized carbons (Fsp3) is 0.571. The van der Waals surface area contributed by atoms with Crippen molar-refractivity contribution in [2.75, 3.05) is 5.32 Å². The average Bonchev–Trinajstić information content (AvgIpc) is 2.17. The van der Waals surface area contributed by atoms with Crippen molar-refractivity contribution in [2.45, 2.75) is 52.5 Å². The summed E-state index contributed by atoms with van der Waals surface area (Å²) in [4.78, 5) is 0. The predicted octanol–water partition coefficient (Wildman–Crippen LogP) is 4.19. The van der Waals surface area contributed by atoms with Crippen LogP contribution in [0, 0.1) is 0 Å². The molecule has 1 heteroatoms. The van der Waals surface area contributed by atoms with Gasteiger partial charge in [0.25, 0.3) is 0 Å². The van der Waals surface area contributed by atoms with E-state index in [1.807, 2.05) is 0 Å². The first-order valence-electron chi connectivity index (χ1n) is 5.80. The van der Waals surface area contributed by atoms with E-state index in [1.165, 1.54) is 11.3 Å². The van der Waals surface area contributed by atoms with E-state index in [9.17, 15) is 0 Å². The number of nitrogens with one attached hydrogen (secondary N) is 1. The van der Waals surface area contributed by atoms with Crippen molar-refractivity contribution in [3.63, 3.8) is 0 Å². The summed E-state index contributed by atoms with van der Waals surface area (Å²) < 4.78 is 0. The highest BCUT2D eigenvalue weighted by Crippen LogP contribution is 2.24. The van der Waals surface area contributed by atoms with Gasteiger partial charge in [-0.25, -0.2) is 0 Å². The van der Waals surface area contributed by atoms with E-state index in [2.05, 4.69) is 64.2 Å². The van der Waals surface area contributed by atoms with Gasteiger partial charge in [0.05, 0.1) is 0 Å². The van der Waals surface area contributed by atoms with Crippen molar-refractivity contribution in [1.29, 1.82) is 0 Å². The predicted molar refractivity (Wildman–Crippen MR) is 68.5 cm³/mol. The van der Waals surface area contributed by atoms with Gasteiger partial charge in [-0.05, 0) is 36.5 Å². The molecule has 1 rings (SSSR count). The molecule has 0 fully saturated rings. The van der Waals surface area contributed by atoms with Crippen molar-refractivity contribution < 1.29 is 0 Å². The van der Waals surface area contributed by atoms with Crippen LogP contribution in [0.25, 0.3) is 0 Å². The van der Waals surface area contributed by atoms with Crippen LogP contribution in [-0.4, -0.2) is 6.04 Å². The fourth-order valence-corrected chi connectivity index (χ4v) is 1.46. The highest BCUT2D eigenvalue weighted by Gasteiger charge is 2.13. The molecule has 0 saturated heterocycles. The van der Waals surface area contributed by atoms with Gasteiger partial charge < -0.3 is 5.32 Å². The van der Waals surface area contributed by atoms with Gasteiger partial charge in [0.15, 0.2) is 0 Å². The van der Waals surface area contributed by atoms with E-state index < -0.39 is 0 Å². The summed E-state index contributed by atoms with van der Waals surface area (Å²) in [5.74, 6) is 0. The molecule has 1 nitrogen and oxygen atoms in total. The molecular weight excluding hydrogens is 182 g/mol. The van der Waals surface area contributed by atoms with Crippen LogP contribution in [0.1, 0.15) is 46.6 Å². The Morgan fingerprint density at radius 3 is 2.47 bits per heavy atom. The minimum atomic E-state index is 0.229. The maximum absolute atomic E-state index is 3.50. The molecule has 1 atom stereocenters. The number of benzene rings is 1. The topological polar surface area (TPSA) is 12.0 Å². The first-order chi connectivity index (χ1) is 6.93. The summed E-state index contributed by atoms with van der Waals surface area (Å²) in [7, 11) is 0. The molecule has 0 radical (unpaired) electrons. The second-order valence-corrected chi connectivity index (χ2v) is 5.28. The summed E-state index contributed by atoms with van der Waals surface area (Å²) >= 11 is 0. The Morgan fingerprint density at radius 1 is 1.27 bits per heavy atom. The van der Waals surface area contributed by atoms with Crippen LogP contribution >= 0.6 is 0 Å². The Bertz CT molecular complexity index is 309. The summed E-state index contributed by atoms with van der Waals surface area (Å²) in [5, 5.41) is 3.50. The number of anilines is 1. The van der Waals surface area contributed by atoms with Crippen LogP contribution in [0.4, 0.5) is 5.69 Å². The first kappa shape index (κ1) is 12.1. The maximum atomic E-state index is 3.50. The molecule has 0 aliphatic carbocycles. The lowest BCUT2D eigenvalue weighted by atomic mass is 9.87. The third-order valence-corrected chi connectivity index (χ3v) is 2.75. The third-order valence-electron chi connectivity index (χ3n) is 2.75. The molecule has 15 heavy (non-hydrogen) atoms. The van der Waals surface area contributed by atoms with E-state index in [0.29, 0.717) is 6.04 Å². The molecular formula is C14H23N. The molecule has 0 aliphatic rings. The van der Waals surface area contributed by atoms with Crippen LogP contribution in [-0.2, 0) is 5.41 Å². The molecule has 0 bridgehead atoms. The Balaban J connectivity index is 2.84. The molecule has 0 aromatic heterocycles. The molecule has 0 spiro atoms. The van der Waals surface area contributed by atoms with E-state index in [4.69, 9.17) is 0 Å². The normalized spacial score (nSPS) is 13.7. The van der Waals surface area contributed by atoms with Crippen LogP contribution in [0.2, 0.25) is 0 Å². The van der Waals surface area contributed by atoms with E-state index in [1.54, 1.807) is 0 Å². The molecule has 1 N–H and O–H groups in total. The lowest BCUT2D eigenvalue weighted by molar-refractivity contribution is 0.590. The lowest BCUT2D eigenvalue weighted by Gasteiger charge is -2.21. The lowest BCUT2D eigenvalue weighted by Crippen LogP contribution is -2.15. The smallest absolute Gasteiger partial charge is 0.0345 e. The Labute approximate surface area is 93.9 Å². The zero-order valence-corrected chi connectivity index (χ0v) is 10.6. The highest BCUT2D eigenvalue weighted by atomic mass is 14.9. The second-order valence-electron chi connectivity index (χ2n) is 5.28. The van der Waals surface area contributed by atoms with Crippen LogP contribution in [0.3, 0.4) is 0 Å². The molecule has 0 heterocycles. The Hall–Kier alpha value is -0.980. The monoisotopic (exact) mass is 205 g/mol. The van der Waals surface area contributed by atoms with Gasteiger partial charge >= 0.3 is 0 Å². The van der Waals surface area contributed by atoms with Gasteiger partial charge in [-0.15, -0.1) is 0 Å². The fourth-order valence-electron chi connectivity index (χ4n) is 1.46. The van der Waals surface area contributed by atoms with Gasteiger partial charge in [-0.2, -0.15) is 0 Å². The van der Waals surface area contributed by atoms with Crippen molar-refractivity contribution in [2.24, 2.45) is 0 Å². The number of hydrogen-bond donors (Lipinski definition) is 1. The van der Waals surface area contributed by atoms with Gasteiger partial charge in [-0.1, -0.05) is 39.8 Å². The third kappa shape index (κ3) is 3.58. The molecule has 0 amide bonds. The minimum absolute atomic E-state index is 0.229. The van der Waals surface area contributed by atoms with Crippen LogP contribution < -0.4 is 5.32 Å². The SMILES string of the molecule is CCC(C)Nc1cccc(C(C)(C)C)c1. The first-order valence-corrected chi connectivity index (χ1v) is 5.80. The van der Waals surface area contributed by atoms with Gasteiger partial charge in [0.1, 0.15) is 0 Å². The molecule has 0 saturated carbocycles. The quantitative estimate of drug-likeness (QED) is 0.780. The Kier molecular flexibility index (Phi) is 3.78. The largest absolute Gasteiger partial charge is 0.383 e. The van der Waals surface area contributed by atoms with E-state index >= 15 is 0 Å². The highest BCUT2D eigenvalue weighted by molar-refractivity contribution is 5.47. The zero-order valence-electron chi connectivity index (χ0n) is 10.6. The van der Waals surface area contributed by atoms with Crippen molar-refractivity contribution in [3.05, 3.63) is 29.8 Å².